The molecule has 1 aromatic carbocycles. The van der Waals surface area contributed by atoms with Gasteiger partial charge in [-0.3, -0.25) is 0 Å². The highest BCUT2D eigenvalue weighted by atomic mass is 16.6. The maximum absolute atomic E-state index is 11.6. The Morgan fingerprint density at radius 3 is 2.57 bits per heavy atom. The minimum Gasteiger partial charge on any atom is -0.509 e. The zero-order valence-electron chi connectivity index (χ0n) is 10.7. The smallest absolute Gasteiger partial charge is 0.352 e. The fourth-order valence-electron chi connectivity index (χ4n) is 1.67. The van der Waals surface area contributed by atoms with Crippen molar-refractivity contribution >= 4 is 18.0 Å². The van der Waals surface area contributed by atoms with E-state index < -0.39 is 18.0 Å². The fourth-order valence-corrected chi connectivity index (χ4v) is 1.67. The van der Waals surface area contributed by atoms with E-state index in [0.717, 1.165) is 18.4 Å². The average molecular weight is 292 g/mol. The second-order valence-electron chi connectivity index (χ2n) is 4.29. The standard InChI is InChI=1S/C14H12O7/c15-9-3-8(4-10(16)5-9)1-2-13(18)21-12-6-11(17)7-20-14(12)19/h1-5,7,12,15-17H,6H2. The molecule has 0 saturated heterocycles. The summed E-state index contributed by atoms with van der Waals surface area (Å²) in [6, 6.07) is 3.79. The summed E-state index contributed by atoms with van der Waals surface area (Å²) in [4.78, 5) is 22.9. The molecule has 7 heteroatoms. The Balaban J connectivity index is 1.99. The SMILES string of the molecule is O=C(C=Cc1cc(O)cc(O)c1)OC1CC(O)=COC1=O. The summed E-state index contributed by atoms with van der Waals surface area (Å²) in [5.74, 6) is -2.11. The molecule has 2 rings (SSSR count). The first-order valence-electron chi connectivity index (χ1n) is 5.94. The molecule has 7 nitrogen and oxygen atoms in total. The summed E-state index contributed by atoms with van der Waals surface area (Å²) in [7, 11) is 0. The summed E-state index contributed by atoms with van der Waals surface area (Å²) >= 11 is 0. The van der Waals surface area contributed by atoms with E-state index in [1.54, 1.807) is 0 Å². The maximum atomic E-state index is 11.6. The number of carbonyl (C=O) groups excluding carboxylic acids is 2. The van der Waals surface area contributed by atoms with Gasteiger partial charge < -0.3 is 24.8 Å². The van der Waals surface area contributed by atoms with Crippen molar-refractivity contribution in [3.63, 3.8) is 0 Å². The van der Waals surface area contributed by atoms with Crippen molar-refractivity contribution < 1.29 is 34.4 Å². The largest absolute Gasteiger partial charge is 0.509 e. The minimum atomic E-state index is -1.20. The van der Waals surface area contributed by atoms with E-state index in [-0.39, 0.29) is 23.7 Å². The number of aliphatic hydroxyl groups is 1. The lowest BCUT2D eigenvalue weighted by Gasteiger charge is -2.17. The molecule has 1 heterocycles. The number of hydrogen-bond acceptors (Lipinski definition) is 7. The van der Waals surface area contributed by atoms with Gasteiger partial charge in [0, 0.05) is 12.1 Å². The van der Waals surface area contributed by atoms with Crippen molar-refractivity contribution in [1.29, 1.82) is 0 Å². The van der Waals surface area contributed by atoms with Gasteiger partial charge in [-0.05, 0) is 23.8 Å². The van der Waals surface area contributed by atoms with E-state index in [1.807, 2.05) is 0 Å². The van der Waals surface area contributed by atoms with E-state index in [0.29, 0.717) is 5.56 Å². The van der Waals surface area contributed by atoms with Crippen LogP contribution in [0.25, 0.3) is 6.08 Å². The highest BCUT2D eigenvalue weighted by Crippen LogP contribution is 2.21. The van der Waals surface area contributed by atoms with Crippen LogP contribution in [0.2, 0.25) is 0 Å². The van der Waals surface area contributed by atoms with Crippen LogP contribution in [0.15, 0.2) is 36.3 Å². The van der Waals surface area contributed by atoms with Gasteiger partial charge in [0.15, 0.2) is 0 Å². The van der Waals surface area contributed by atoms with Crippen LogP contribution in [0.5, 0.6) is 11.5 Å². The summed E-state index contributed by atoms with van der Waals surface area (Å²) in [5, 5.41) is 27.8. The van der Waals surface area contributed by atoms with Gasteiger partial charge in [0.05, 0.1) is 6.42 Å². The summed E-state index contributed by atoms with van der Waals surface area (Å²) < 4.78 is 9.31. The van der Waals surface area contributed by atoms with E-state index in [2.05, 4.69) is 4.74 Å². The maximum Gasteiger partial charge on any atom is 0.352 e. The Labute approximate surface area is 119 Å². The van der Waals surface area contributed by atoms with Crippen molar-refractivity contribution in [3.05, 3.63) is 41.9 Å². The van der Waals surface area contributed by atoms with Crippen LogP contribution in [0, 0.1) is 0 Å². The monoisotopic (exact) mass is 292 g/mol. The molecule has 0 amide bonds. The second-order valence-corrected chi connectivity index (χ2v) is 4.29. The number of aromatic hydroxyl groups is 2. The Hall–Kier alpha value is -2.96. The molecule has 1 aromatic rings. The van der Waals surface area contributed by atoms with Crippen molar-refractivity contribution in [1.82, 2.24) is 0 Å². The Bertz CT molecular complexity index is 610. The van der Waals surface area contributed by atoms with Gasteiger partial charge in [-0.2, -0.15) is 0 Å². The van der Waals surface area contributed by atoms with Crippen LogP contribution >= 0.6 is 0 Å². The highest BCUT2D eigenvalue weighted by molar-refractivity contribution is 5.89. The fraction of sp³-hybridized carbons (Fsp3) is 0.143. The number of aliphatic hydroxyl groups excluding tert-OH is 1. The third-order valence-electron chi connectivity index (χ3n) is 2.56. The van der Waals surface area contributed by atoms with Crippen molar-refractivity contribution in [3.8, 4) is 11.5 Å². The lowest BCUT2D eigenvalue weighted by Crippen LogP contribution is -2.30. The van der Waals surface area contributed by atoms with Crippen LogP contribution in [0.1, 0.15) is 12.0 Å². The molecule has 0 radical (unpaired) electrons. The van der Waals surface area contributed by atoms with Crippen molar-refractivity contribution in [2.75, 3.05) is 0 Å². The highest BCUT2D eigenvalue weighted by Gasteiger charge is 2.28. The van der Waals surface area contributed by atoms with Crippen LogP contribution in [-0.4, -0.2) is 33.4 Å². The predicted molar refractivity (Wildman–Crippen MR) is 70.1 cm³/mol. The zero-order chi connectivity index (χ0) is 15.4. The normalized spacial score (nSPS) is 18.2. The number of benzene rings is 1. The first kappa shape index (κ1) is 14.4. The molecule has 1 unspecified atom stereocenters. The molecule has 0 fully saturated rings. The molecule has 0 bridgehead atoms. The number of phenolic OH excluding ortho intramolecular Hbond substituents is 2. The first-order valence-corrected chi connectivity index (χ1v) is 5.94. The quantitative estimate of drug-likeness (QED) is 0.569. The topological polar surface area (TPSA) is 113 Å². The molecule has 110 valence electrons. The van der Waals surface area contributed by atoms with Gasteiger partial charge in [-0.25, -0.2) is 9.59 Å². The van der Waals surface area contributed by atoms with E-state index in [4.69, 9.17) is 4.74 Å². The molecular weight excluding hydrogens is 280 g/mol. The molecule has 0 saturated carbocycles. The van der Waals surface area contributed by atoms with Crippen molar-refractivity contribution in [2.45, 2.75) is 12.5 Å². The van der Waals surface area contributed by atoms with Gasteiger partial charge in [-0.1, -0.05) is 0 Å². The number of phenols is 2. The molecule has 1 atom stereocenters. The molecule has 0 aromatic heterocycles. The second kappa shape index (κ2) is 6.00. The van der Waals surface area contributed by atoms with Gasteiger partial charge in [0.1, 0.15) is 23.5 Å². The molecule has 1 aliphatic rings. The number of carbonyl (C=O) groups is 2. The molecule has 1 aliphatic heterocycles. The third-order valence-corrected chi connectivity index (χ3v) is 2.56. The van der Waals surface area contributed by atoms with Crippen LogP contribution < -0.4 is 0 Å². The minimum absolute atomic E-state index is 0.147. The lowest BCUT2D eigenvalue weighted by molar-refractivity contribution is -0.163. The van der Waals surface area contributed by atoms with E-state index in [1.165, 1.54) is 18.2 Å². The average Bonchev–Trinajstić information content (AvgIpc) is 2.40. The molecule has 21 heavy (non-hydrogen) atoms. The molecule has 0 aliphatic carbocycles. The number of ether oxygens (including phenoxy) is 2. The van der Waals surface area contributed by atoms with Crippen LogP contribution in [0.3, 0.4) is 0 Å². The van der Waals surface area contributed by atoms with Crippen molar-refractivity contribution in [2.24, 2.45) is 0 Å². The van der Waals surface area contributed by atoms with Crippen LogP contribution in [0.4, 0.5) is 0 Å². The zero-order valence-corrected chi connectivity index (χ0v) is 10.7. The van der Waals surface area contributed by atoms with E-state index in [9.17, 15) is 24.9 Å². The molecular formula is C14H12O7. The molecule has 0 spiro atoms. The Morgan fingerprint density at radius 1 is 1.24 bits per heavy atom. The van der Waals surface area contributed by atoms with Gasteiger partial charge in [0.25, 0.3) is 0 Å². The summed E-state index contributed by atoms with van der Waals surface area (Å²) in [6.45, 7) is 0. The molecule has 3 N–H and O–H groups in total. The summed E-state index contributed by atoms with van der Waals surface area (Å²) in [6.07, 6.45) is 1.86. The Kier molecular flexibility index (Phi) is 4.13. The first-order chi connectivity index (χ1) is 9.94. The number of hydrogen-bond donors (Lipinski definition) is 3. The van der Waals surface area contributed by atoms with Gasteiger partial charge in [-0.15, -0.1) is 0 Å². The van der Waals surface area contributed by atoms with Crippen LogP contribution in [-0.2, 0) is 19.1 Å². The van der Waals surface area contributed by atoms with E-state index >= 15 is 0 Å². The lowest BCUT2D eigenvalue weighted by atomic mass is 10.2. The third kappa shape index (κ3) is 4.00. The summed E-state index contributed by atoms with van der Waals surface area (Å²) in [5.41, 5.74) is 0.374. The Morgan fingerprint density at radius 2 is 1.90 bits per heavy atom. The number of cyclic esters (lactones) is 1. The van der Waals surface area contributed by atoms with Gasteiger partial charge >= 0.3 is 11.9 Å². The predicted octanol–water partition coefficient (Wildman–Crippen LogP) is 1.37. The number of esters is 2. The number of rotatable bonds is 3. The van der Waals surface area contributed by atoms with Gasteiger partial charge in [0.2, 0.25) is 6.10 Å².